The second-order valence-corrected chi connectivity index (χ2v) is 8.18. The van der Waals surface area contributed by atoms with Crippen molar-refractivity contribution in [1.82, 2.24) is 0 Å². The monoisotopic (exact) mass is 517 g/mol. The molecule has 0 saturated heterocycles. The zero-order valence-electron chi connectivity index (χ0n) is 19.8. The summed E-state index contributed by atoms with van der Waals surface area (Å²) in [5.74, 6) is -1.40. The van der Waals surface area contributed by atoms with Gasteiger partial charge in [-0.15, -0.1) is 0 Å². The molecule has 194 valence electrons. The molecule has 0 fully saturated rings. The molecule has 0 saturated carbocycles. The van der Waals surface area contributed by atoms with Gasteiger partial charge in [0.2, 0.25) is 0 Å². The smallest absolute Gasteiger partial charge is 0.419 e. The van der Waals surface area contributed by atoms with E-state index in [9.17, 15) is 27.2 Å². The molecule has 0 aromatic heterocycles. The molecule has 0 bridgehead atoms. The molecule has 0 aliphatic carbocycles. The molecule has 1 heterocycles. The lowest BCUT2D eigenvalue weighted by atomic mass is 10.1. The van der Waals surface area contributed by atoms with E-state index in [0.29, 0.717) is 41.2 Å². The van der Waals surface area contributed by atoms with E-state index in [0.717, 1.165) is 11.6 Å². The van der Waals surface area contributed by atoms with E-state index in [2.05, 4.69) is 0 Å². The first-order valence-corrected chi connectivity index (χ1v) is 11.5. The maximum absolute atomic E-state index is 14.1. The molecule has 6 nitrogen and oxygen atoms in total. The van der Waals surface area contributed by atoms with Gasteiger partial charge in [-0.3, -0.25) is 4.79 Å². The Balaban J connectivity index is 1.41. The number of hydrogen-bond donors (Lipinski definition) is 0. The van der Waals surface area contributed by atoms with Gasteiger partial charge in [-0.25, -0.2) is 9.18 Å². The van der Waals surface area contributed by atoms with Crippen LogP contribution in [0, 0.1) is 5.82 Å². The van der Waals surface area contributed by atoms with Crippen molar-refractivity contribution in [3.05, 3.63) is 88.7 Å². The molecule has 0 atom stereocenters. The number of amides is 1. The molecule has 0 radical (unpaired) electrons. The molecule has 0 spiro atoms. The van der Waals surface area contributed by atoms with Gasteiger partial charge < -0.3 is 19.1 Å². The van der Waals surface area contributed by atoms with Gasteiger partial charge in [0, 0.05) is 23.2 Å². The number of fused-ring (bicyclic) bond motifs is 1. The Labute approximate surface area is 210 Å². The van der Waals surface area contributed by atoms with E-state index in [-0.39, 0.29) is 32.1 Å². The Bertz CT molecular complexity index is 1310. The fourth-order valence-electron chi connectivity index (χ4n) is 3.96. The predicted molar refractivity (Wildman–Crippen MR) is 126 cm³/mol. The number of carbonyl (C=O) groups excluding carboxylic acids is 2. The van der Waals surface area contributed by atoms with E-state index in [1.807, 2.05) is 6.07 Å². The summed E-state index contributed by atoms with van der Waals surface area (Å²) >= 11 is 0. The molecule has 1 aliphatic rings. The average molecular weight is 517 g/mol. The van der Waals surface area contributed by atoms with Crippen molar-refractivity contribution in [2.45, 2.75) is 26.1 Å². The van der Waals surface area contributed by atoms with Crippen LogP contribution in [0.5, 0.6) is 11.5 Å². The summed E-state index contributed by atoms with van der Waals surface area (Å²) in [5, 5.41) is 0. The summed E-state index contributed by atoms with van der Waals surface area (Å²) in [6.45, 7) is 2.08. The molecule has 37 heavy (non-hydrogen) atoms. The van der Waals surface area contributed by atoms with Crippen molar-refractivity contribution in [1.29, 1.82) is 0 Å². The largest absolute Gasteiger partial charge is 0.493 e. The Morgan fingerprint density at radius 3 is 2.54 bits per heavy atom. The Morgan fingerprint density at radius 2 is 1.81 bits per heavy atom. The van der Waals surface area contributed by atoms with Crippen LogP contribution in [0.3, 0.4) is 0 Å². The number of hydrogen-bond acceptors (Lipinski definition) is 5. The maximum Gasteiger partial charge on any atom is 0.419 e. The molecule has 3 aromatic carbocycles. The van der Waals surface area contributed by atoms with Crippen molar-refractivity contribution in [3.63, 3.8) is 0 Å². The van der Waals surface area contributed by atoms with E-state index >= 15 is 0 Å². The van der Waals surface area contributed by atoms with Gasteiger partial charge >= 0.3 is 12.1 Å². The summed E-state index contributed by atoms with van der Waals surface area (Å²) in [6.07, 6.45) is -4.32. The number of benzene rings is 3. The van der Waals surface area contributed by atoms with Crippen LogP contribution >= 0.6 is 0 Å². The Morgan fingerprint density at radius 1 is 1.03 bits per heavy atom. The first-order chi connectivity index (χ1) is 17.7. The number of nitrogens with zero attached hydrogens (tertiary/aromatic N) is 1. The van der Waals surface area contributed by atoms with Crippen LogP contribution in [-0.2, 0) is 28.7 Å². The van der Waals surface area contributed by atoms with Gasteiger partial charge in [-0.2, -0.15) is 13.2 Å². The average Bonchev–Trinajstić information content (AvgIpc) is 3.20. The van der Waals surface area contributed by atoms with Gasteiger partial charge in [-0.1, -0.05) is 18.2 Å². The zero-order valence-corrected chi connectivity index (χ0v) is 19.8. The highest BCUT2D eigenvalue weighted by Gasteiger charge is 2.36. The molecule has 1 aliphatic heterocycles. The standard InChI is InChI=1S/C27H23F4NO5/c1-2-35-25(33)16-37-19-6-3-5-17(13-19)11-12-36-24-8-4-7-20-21(24)15-32(26(20)34)18-9-10-22(23(28)14-18)27(29,30)31/h3-10,13-14H,2,11-12,15-16H2,1H3. The Kier molecular flexibility index (Phi) is 7.66. The van der Waals surface area contributed by atoms with E-state index in [4.69, 9.17) is 14.2 Å². The van der Waals surface area contributed by atoms with Crippen LogP contribution < -0.4 is 14.4 Å². The number of alkyl halides is 3. The van der Waals surface area contributed by atoms with Crippen LogP contribution in [0.4, 0.5) is 23.2 Å². The molecule has 0 unspecified atom stereocenters. The minimum Gasteiger partial charge on any atom is -0.493 e. The molecular formula is C27H23F4NO5. The lowest BCUT2D eigenvalue weighted by Gasteiger charge is -2.17. The third-order valence-corrected chi connectivity index (χ3v) is 5.70. The van der Waals surface area contributed by atoms with Gasteiger partial charge in [0.1, 0.15) is 17.3 Å². The number of esters is 1. The number of anilines is 1. The van der Waals surface area contributed by atoms with Crippen LogP contribution in [0.1, 0.15) is 34.0 Å². The minimum absolute atomic E-state index is 0.0253. The van der Waals surface area contributed by atoms with Gasteiger partial charge in [-0.05, 0) is 55.0 Å². The number of halogens is 4. The van der Waals surface area contributed by atoms with Crippen LogP contribution in [0.2, 0.25) is 0 Å². The van der Waals surface area contributed by atoms with E-state index in [1.54, 1.807) is 43.3 Å². The fraction of sp³-hybridized carbons (Fsp3) is 0.259. The minimum atomic E-state index is -4.83. The van der Waals surface area contributed by atoms with Gasteiger partial charge in [0.25, 0.3) is 5.91 Å². The van der Waals surface area contributed by atoms with Crippen molar-refractivity contribution in [2.75, 3.05) is 24.7 Å². The van der Waals surface area contributed by atoms with Crippen LogP contribution in [-0.4, -0.2) is 31.7 Å². The molecule has 0 N–H and O–H groups in total. The highest BCUT2D eigenvalue weighted by molar-refractivity contribution is 6.10. The van der Waals surface area contributed by atoms with Gasteiger partial charge in [0.15, 0.2) is 6.61 Å². The summed E-state index contributed by atoms with van der Waals surface area (Å²) in [5.41, 5.74) is 0.440. The lowest BCUT2D eigenvalue weighted by molar-refractivity contribution is -0.145. The van der Waals surface area contributed by atoms with Crippen LogP contribution in [0.15, 0.2) is 60.7 Å². The van der Waals surface area contributed by atoms with Crippen molar-refractivity contribution >= 4 is 17.6 Å². The summed E-state index contributed by atoms with van der Waals surface area (Å²) in [4.78, 5) is 25.6. The second kappa shape index (κ2) is 10.9. The third-order valence-electron chi connectivity index (χ3n) is 5.70. The number of carbonyl (C=O) groups is 2. The molecule has 1 amide bonds. The normalized spacial score (nSPS) is 12.9. The number of ether oxygens (including phenoxy) is 3. The third kappa shape index (κ3) is 6.02. The Hall–Kier alpha value is -4.08. The summed E-state index contributed by atoms with van der Waals surface area (Å²) in [6, 6.07) is 14.5. The highest BCUT2D eigenvalue weighted by atomic mass is 19.4. The van der Waals surface area contributed by atoms with Crippen molar-refractivity contribution < 1.29 is 41.4 Å². The lowest BCUT2D eigenvalue weighted by Crippen LogP contribution is -2.23. The predicted octanol–water partition coefficient (Wildman–Crippen LogP) is 5.57. The number of rotatable bonds is 9. The topological polar surface area (TPSA) is 65.1 Å². The molecule has 10 heteroatoms. The molecule has 3 aromatic rings. The maximum atomic E-state index is 14.1. The second-order valence-electron chi connectivity index (χ2n) is 8.18. The molecule has 4 rings (SSSR count). The first kappa shape index (κ1) is 26.0. The zero-order chi connectivity index (χ0) is 26.6. The highest BCUT2D eigenvalue weighted by Crippen LogP contribution is 2.37. The molecular weight excluding hydrogens is 494 g/mol. The summed E-state index contributed by atoms with van der Waals surface area (Å²) < 4.78 is 69.0. The van der Waals surface area contributed by atoms with Crippen molar-refractivity contribution in [2.24, 2.45) is 0 Å². The quantitative estimate of drug-likeness (QED) is 0.274. The SMILES string of the molecule is CCOC(=O)COc1cccc(CCOc2cccc3c2CN(c2ccc(C(F)(F)F)c(F)c2)C3=O)c1. The summed E-state index contributed by atoms with van der Waals surface area (Å²) in [7, 11) is 0. The van der Waals surface area contributed by atoms with E-state index < -0.39 is 29.4 Å². The first-order valence-electron chi connectivity index (χ1n) is 11.5. The fourth-order valence-corrected chi connectivity index (χ4v) is 3.96. The van der Waals surface area contributed by atoms with Crippen molar-refractivity contribution in [3.8, 4) is 11.5 Å². The van der Waals surface area contributed by atoms with E-state index in [1.165, 1.54) is 4.90 Å². The van der Waals surface area contributed by atoms with Crippen LogP contribution in [0.25, 0.3) is 0 Å². The van der Waals surface area contributed by atoms with Gasteiger partial charge in [0.05, 0.1) is 25.3 Å².